The molecule has 0 radical (unpaired) electrons. The lowest BCUT2D eigenvalue weighted by atomic mass is 10.3. The van der Waals surface area contributed by atoms with Crippen LogP contribution in [0.5, 0.6) is 0 Å². The van der Waals surface area contributed by atoms with Crippen LogP contribution in [-0.4, -0.2) is 47.0 Å². The van der Waals surface area contributed by atoms with Gasteiger partial charge in [0, 0.05) is 19.5 Å². The van der Waals surface area contributed by atoms with E-state index in [2.05, 4.69) is 6.07 Å². The molecule has 0 saturated carbocycles. The first-order valence-corrected chi connectivity index (χ1v) is 4.19. The summed E-state index contributed by atoms with van der Waals surface area (Å²) < 4.78 is 0. The first-order chi connectivity index (χ1) is 5.74. The lowest BCUT2D eigenvalue weighted by Gasteiger charge is -2.12. The van der Waals surface area contributed by atoms with Gasteiger partial charge in [-0.25, -0.2) is 0 Å². The molecule has 2 atom stereocenters. The number of hydrogen-bond donors (Lipinski definition) is 2. The second kappa shape index (κ2) is 4.41. The Morgan fingerprint density at radius 2 is 1.92 bits per heavy atom. The van der Waals surface area contributed by atoms with E-state index in [1.165, 1.54) is 0 Å². The Labute approximate surface area is 72.0 Å². The highest BCUT2D eigenvalue weighted by Crippen LogP contribution is 2.10. The summed E-state index contributed by atoms with van der Waals surface area (Å²) in [4.78, 5) is 1.98. The molecule has 0 aromatic carbocycles. The van der Waals surface area contributed by atoms with E-state index in [0.717, 1.165) is 13.0 Å². The van der Waals surface area contributed by atoms with Crippen LogP contribution in [0, 0.1) is 11.3 Å². The molecule has 1 aliphatic rings. The lowest BCUT2D eigenvalue weighted by Crippen LogP contribution is -2.23. The molecule has 12 heavy (non-hydrogen) atoms. The van der Waals surface area contributed by atoms with Crippen molar-refractivity contribution in [3.63, 3.8) is 0 Å². The third kappa shape index (κ3) is 2.45. The van der Waals surface area contributed by atoms with Gasteiger partial charge in [-0.05, 0) is 13.0 Å². The topological polar surface area (TPSA) is 67.5 Å². The van der Waals surface area contributed by atoms with E-state index in [4.69, 9.17) is 15.5 Å². The molecule has 0 aromatic rings. The van der Waals surface area contributed by atoms with Crippen LogP contribution in [0.4, 0.5) is 0 Å². The fraction of sp³-hybridized carbons (Fsp3) is 0.875. The van der Waals surface area contributed by atoms with E-state index in [1.54, 1.807) is 0 Å². The number of nitriles is 1. The van der Waals surface area contributed by atoms with Crippen LogP contribution in [0.2, 0.25) is 0 Å². The van der Waals surface area contributed by atoms with E-state index in [1.807, 2.05) is 4.90 Å². The molecule has 4 nitrogen and oxygen atoms in total. The summed E-state index contributed by atoms with van der Waals surface area (Å²) in [6, 6.07) is 2.06. The smallest absolute Gasteiger partial charge is 0.0938 e. The molecule has 0 bridgehead atoms. The third-order valence-corrected chi connectivity index (χ3v) is 2.10. The minimum Gasteiger partial charge on any atom is -0.389 e. The van der Waals surface area contributed by atoms with Crippen molar-refractivity contribution >= 4 is 0 Å². The molecule has 0 unspecified atom stereocenters. The summed E-state index contributed by atoms with van der Waals surface area (Å²) in [5.74, 6) is 0. The van der Waals surface area contributed by atoms with E-state index in [0.29, 0.717) is 19.5 Å². The largest absolute Gasteiger partial charge is 0.389 e. The van der Waals surface area contributed by atoms with Crippen LogP contribution >= 0.6 is 0 Å². The highest BCUT2D eigenvalue weighted by molar-refractivity contribution is 4.83. The Balaban J connectivity index is 2.15. The number of likely N-dealkylation sites (tertiary alicyclic amines) is 1. The summed E-state index contributed by atoms with van der Waals surface area (Å²) in [5.41, 5.74) is 0. The summed E-state index contributed by atoms with van der Waals surface area (Å²) in [7, 11) is 0. The number of aliphatic hydroxyl groups excluding tert-OH is 2. The van der Waals surface area contributed by atoms with Crippen LogP contribution < -0.4 is 0 Å². The Bertz CT molecular complexity index is 168. The number of hydrogen-bond acceptors (Lipinski definition) is 4. The maximum atomic E-state index is 9.17. The normalized spacial score (nSPS) is 30.4. The van der Waals surface area contributed by atoms with E-state index in [-0.39, 0.29) is 0 Å². The molecule has 2 N–H and O–H groups in total. The van der Waals surface area contributed by atoms with Crippen LogP contribution in [0.15, 0.2) is 0 Å². The van der Waals surface area contributed by atoms with E-state index >= 15 is 0 Å². The van der Waals surface area contributed by atoms with Crippen LogP contribution in [0.3, 0.4) is 0 Å². The van der Waals surface area contributed by atoms with Crippen molar-refractivity contribution in [2.24, 2.45) is 0 Å². The molecule has 0 aromatic heterocycles. The average Bonchev–Trinajstić information content (AvgIpc) is 2.32. The van der Waals surface area contributed by atoms with E-state index in [9.17, 15) is 0 Å². The van der Waals surface area contributed by atoms with Gasteiger partial charge in [0.1, 0.15) is 0 Å². The Morgan fingerprint density at radius 3 is 2.42 bits per heavy atom. The first-order valence-electron chi connectivity index (χ1n) is 4.19. The van der Waals surface area contributed by atoms with Gasteiger partial charge in [-0.1, -0.05) is 0 Å². The molecule has 68 valence electrons. The van der Waals surface area contributed by atoms with Gasteiger partial charge in [-0.3, -0.25) is 4.90 Å². The molecule has 0 spiro atoms. The van der Waals surface area contributed by atoms with Gasteiger partial charge in [0.05, 0.1) is 18.3 Å². The van der Waals surface area contributed by atoms with Crippen molar-refractivity contribution in [1.29, 1.82) is 5.26 Å². The molecule has 4 heteroatoms. The minimum atomic E-state index is -0.605. The molecular formula is C8H14N2O2. The molecular weight excluding hydrogens is 156 g/mol. The predicted molar refractivity (Wildman–Crippen MR) is 43.3 cm³/mol. The Kier molecular flexibility index (Phi) is 3.48. The number of unbranched alkanes of at least 4 members (excludes halogenated alkanes) is 1. The molecule has 1 fully saturated rings. The first kappa shape index (κ1) is 9.46. The lowest BCUT2D eigenvalue weighted by molar-refractivity contribution is 0.0572. The van der Waals surface area contributed by atoms with Gasteiger partial charge in [0.25, 0.3) is 0 Å². The van der Waals surface area contributed by atoms with Gasteiger partial charge in [-0.15, -0.1) is 0 Å². The minimum absolute atomic E-state index is 0.534. The zero-order valence-electron chi connectivity index (χ0n) is 6.98. The van der Waals surface area contributed by atoms with Crippen molar-refractivity contribution in [3.8, 4) is 6.07 Å². The second-order valence-corrected chi connectivity index (χ2v) is 3.16. The summed E-state index contributed by atoms with van der Waals surface area (Å²) in [5, 5.41) is 26.6. The fourth-order valence-corrected chi connectivity index (χ4v) is 1.41. The summed E-state index contributed by atoms with van der Waals surface area (Å²) >= 11 is 0. The SMILES string of the molecule is N#CCCCN1C[C@@H](O)[C@@H](O)C1. The zero-order chi connectivity index (χ0) is 8.97. The van der Waals surface area contributed by atoms with Crippen molar-refractivity contribution in [3.05, 3.63) is 0 Å². The predicted octanol–water partition coefficient (Wildman–Crippen LogP) is -0.672. The third-order valence-electron chi connectivity index (χ3n) is 2.10. The van der Waals surface area contributed by atoms with Crippen LogP contribution in [0.1, 0.15) is 12.8 Å². The monoisotopic (exact) mass is 170 g/mol. The van der Waals surface area contributed by atoms with Crippen molar-refractivity contribution in [2.75, 3.05) is 19.6 Å². The quantitative estimate of drug-likeness (QED) is 0.551. The van der Waals surface area contributed by atoms with Gasteiger partial charge >= 0.3 is 0 Å². The van der Waals surface area contributed by atoms with Crippen LogP contribution in [-0.2, 0) is 0 Å². The van der Waals surface area contributed by atoms with Gasteiger partial charge < -0.3 is 10.2 Å². The molecule has 1 saturated heterocycles. The molecule has 1 rings (SSSR count). The average molecular weight is 170 g/mol. The number of β-amino-alcohol motifs (C(OH)–C–C–N with tert-alkyl or cyclic N) is 2. The van der Waals surface area contributed by atoms with Gasteiger partial charge in [-0.2, -0.15) is 5.26 Å². The molecule has 1 aliphatic heterocycles. The number of nitrogens with zero attached hydrogens (tertiary/aromatic N) is 2. The summed E-state index contributed by atoms with van der Waals surface area (Å²) in [6.45, 7) is 1.86. The van der Waals surface area contributed by atoms with Crippen molar-refractivity contribution < 1.29 is 10.2 Å². The Morgan fingerprint density at radius 1 is 1.33 bits per heavy atom. The van der Waals surface area contributed by atoms with E-state index < -0.39 is 12.2 Å². The van der Waals surface area contributed by atoms with Crippen molar-refractivity contribution in [1.82, 2.24) is 4.90 Å². The Hall–Kier alpha value is -0.630. The highest BCUT2D eigenvalue weighted by atomic mass is 16.3. The van der Waals surface area contributed by atoms with Gasteiger partial charge in [0.15, 0.2) is 0 Å². The second-order valence-electron chi connectivity index (χ2n) is 3.16. The van der Waals surface area contributed by atoms with Gasteiger partial charge in [0.2, 0.25) is 0 Å². The molecule has 0 aliphatic carbocycles. The fourth-order valence-electron chi connectivity index (χ4n) is 1.41. The molecule has 1 heterocycles. The highest BCUT2D eigenvalue weighted by Gasteiger charge is 2.28. The maximum Gasteiger partial charge on any atom is 0.0938 e. The standard InChI is InChI=1S/C8H14N2O2/c9-3-1-2-4-10-5-7(11)8(12)6-10/h7-8,11-12H,1-2,4-6H2/t7-,8+. The zero-order valence-corrected chi connectivity index (χ0v) is 6.98. The van der Waals surface area contributed by atoms with Crippen molar-refractivity contribution in [2.45, 2.75) is 25.0 Å². The summed E-state index contributed by atoms with van der Waals surface area (Å²) in [6.07, 6.45) is 0.151. The van der Waals surface area contributed by atoms with Crippen LogP contribution in [0.25, 0.3) is 0 Å². The number of rotatable bonds is 3. The number of aliphatic hydroxyl groups is 2. The maximum absolute atomic E-state index is 9.17. The molecule has 0 amide bonds.